The fourth-order valence-corrected chi connectivity index (χ4v) is 0.539. The maximum absolute atomic E-state index is 3.02. The molecule has 4 heteroatoms. The third kappa shape index (κ3) is 1.10. The first-order valence-electron chi connectivity index (χ1n) is 2.24. The highest BCUT2D eigenvalue weighted by molar-refractivity contribution is 4.42. The molecule has 0 aliphatic carbocycles. The molecule has 7 heavy (non-hydrogen) atoms. The Labute approximate surface area is 43.0 Å². The molecule has 1 aliphatic heterocycles. The van der Waals surface area contributed by atoms with Crippen LogP contribution in [0.5, 0.6) is 0 Å². The fourth-order valence-electron chi connectivity index (χ4n) is 0.539. The van der Waals surface area contributed by atoms with Gasteiger partial charge in [0.2, 0.25) is 0 Å². The standard InChI is InChI=1S/C3H10N4/c1-6-3-4-7(2)5-6/h4-5H,3H2,1-2H3. The Morgan fingerprint density at radius 2 is 2.14 bits per heavy atom. The minimum Gasteiger partial charge on any atom is -0.225 e. The van der Waals surface area contributed by atoms with Crippen LogP contribution in [0.3, 0.4) is 0 Å². The van der Waals surface area contributed by atoms with E-state index in [2.05, 4.69) is 11.0 Å². The molecular formula is C3H10N4. The van der Waals surface area contributed by atoms with E-state index in [1.54, 1.807) is 5.12 Å². The van der Waals surface area contributed by atoms with Gasteiger partial charge in [-0.1, -0.05) is 0 Å². The summed E-state index contributed by atoms with van der Waals surface area (Å²) in [6.45, 7) is 0.872. The fraction of sp³-hybridized carbons (Fsp3) is 1.00. The van der Waals surface area contributed by atoms with Crippen LogP contribution in [-0.4, -0.2) is 30.9 Å². The van der Waals surface area contributed by atoms with E-state index < -0.39 is 0 Å². The molecule has 2 N–H and O–H groups in total. The average molecular weight is 102 g/mol. The number of rotatable bonds is 0. The van der Waals surface area contributed by atoms with E-state index in [0.717, 1.165) is 6.67 Å². The van der Waals surface area contributed by atoms with Gasteiger partial charge in [0, 0.05) is 14.1 Å². The molecule has 0 saturated carbocycles. The molecule has 42 valence electrons. The zero-order chi connectivity index (χ0) is 5.28. The Balaban J connectivity index is 2.26. The molecule has 0 spiro atoms. The lowest BCUT2D eigenvalue weighted by atomic mass is 11.0. The normalized spacial score (nSPS) is 26.6. The van der Waals surface area contributed by atoms with Crippen LogP contribution in [0, 0.1) is 0 Å². The SMILES string of the molecule is CN1CNN(C)N1. The molecule has 0 bridgehead atoms. The van der Waals surface area contributed by atoms with E-state index >= 15 is 0 Å². The summed E-state index contributed by atoms with van der Waals surface area (Å²) in [6, 6.07) is 0. The summed E-state index contributed by atoms with van der Waals surface area (Å²) in [5.41, 5.74) is 5.99. The van der Waals surface area contributed by atoms with Crippen molar-refractivity contribution in [3.05, 3.63) is 0 Å². The molecule has 0 aromatic carbocycles. The van der Waals surface area contributed by atoms with Gasteiger partial charge in [-0.05, 0) is 0 Å². The van der Waals surface area contributed by atoms with E-state index in [0.29, 0.717) is 0 Å². The first-order chi connectivity index (χ1) is 3.29. The molecule has 1 rings (SSSR count). The van der Waals surface area contributed by atoms with Crippen LogP contribution < -0.4 is 11.0 Å². The summed E-state index contributed by atoms with van der Waals surface area (Å²) in [7, 11) is 3.89. The van der Waals surface area contributed by atoms with Crippen molar-refractivity contribution in [2.24, 2.45) is 0 Å². The summed E-state index contributed by atoms with van der Waals surface area (Å²) in [5.74, 6) is 0. The predicted molar refractivity (Wildman–Crippen MR) is 26.7 cm³/mol. The van der Waals surface area contributed by atoms with Crippen LogP contribution in [0.15, 0.2) is 0 Å². The molecule has 0 amide bonds. The molecule has 0 aromatic heterocycles. The lowest BCUT2D eigenvalue weighted by molar-refractivity contribution is 0.151. The molecule has 1 saturated heterocycles. The first-order valence-corrected chi connectivity index (χ1v) is 2.24. The van der Waals surface area contributed by atoms with Gasteiger partial charge in [-0.15, -0.1) is 0 Å². The van der Waals surface area contributed by atoms with Crippen LogP contribution in [-0.2, 0) is 0 Å². The summed E-state index contributed by atoms with van der Waals surface area (Å²) in [6.07, 6.45) is 0. The number of nitrogens with one attached hydrogen (secondary N) is 2. The largest absolute Gasteiger partial charge is 0.225 e. The van der Waals surface area contributed by atoms with E-state index in [9.17, 15) is 0 Å². The van der Waals surface area contributed by atoms with Crippen molar-refractivity contribution in [3.8, 4) is 0 Å². The topological polar surface area (TPSA) is 30.5 Å². The van der Waals surface area contributed by atoms with E-state index in [4.69, 9.17) is 0 Å². The number of hydrogen-bond donors (Lipinski definition) is 2. The molecule has 0 radical (unpaired) electrons. The lowest BCUT2D eigenvalue weighted by Crippen LogP contribution is -2.36. The highest BCUT2D eigenvalue weighted by atomic mass is 15.9. The van der Waals surface area contributed by atoms with Crippen LogP contribution in [0.2, 0.25) is 0 Å². The van der Waals surface area contributed by atoms with Gasteiger partial charge in [-0.3, -0.25) is 0 Å². The smallest absolute Gasteiger partial charge is 0.0778 e. The number of hydrogen-bond acceptors (Lipinski definition) is 4. The van der Waals surface area contributed by atoms with Crippen molar-refractivity contribution in [3.63, 3.8) is 0 Å². The molecule has 0 aromatic rings. The Morgan fingerprint density at radius 1 is 1.43 bits per heavy atom. The van der Waals surface area contributed by atoms with Gasteiger partial charge in [0.25, 0.3) is 0 Å². The van der Waals surface area contributed by atoms with Gasteiger partial charge in [-0.2, -0.15) is 10.7 Å². The third-order valence-electron chi connectivity index (χ3n) is 0.866. The van der Waals surface area contributed by atoms with Gasteiger partial charge in [0.1, 0.15) is 0 Å². The zero-order valence-electron chi connectivity index (χ0n) is 4.60. The molecule has 4 nitrogen and oxygen atoms in total. The average Bonchev–Trinajstić information content (AvgIpc) is 1.87. The van der Waals surface area contributed by atoms with Crippen LogP contribution >= 0.6 is 0 Å². The summed E-state index contributed by atoms with van der Waals surface area (Å²) in [5, 5.41) is 3.75. The predicted octanol–water partition coefficient (Wildman–Crippen LogP) is -1.25. The van der Waals surface area contributed by atoms with Gasteiger partial charge < -0.3 is 0 Å². The maximum atomic E-state index is 3.02. The van der Waals surface area contributed by atoms with Crippen molar-refractivity contribution in [1.29, 1.82) is 0 Å². The Bertz CT molecular complexity index is 56.0. The van der Waals surface area contributed by atoms with E-state index in [1.165, 1.54) is 0 Å². The zero-order valence-corrected chi connectivity index (χ0v) is 4.60. The second kappa shape index (κ2) is 1.75. The monoisotopic (exact) mass is 102 g/mol. The molecular weight excluding hydrogens is 92.1 g/mol. The van der Waals surface area contributed by atoms with Crippen LogP contribution in [0.1, 0.15) is 0 Å². The minimum atomic E-state index is 0.872. The summed E-state index contributed by atoms with van der Waals surface area (Å²) < 4.78 is 0. The second-order valence-electron chi connectivity index (χ2n) is 1.67. The number of nitrogens with zero attached hydrogens (tertiary/aromatic N) is 2. The second-order valence-corrected chi connectivity index (χ2v) is 1.67. The first kappa shape index (κ1) is 4.99. The Kier molecular flexibility index (Phi) is 1.25. The summed E-state index contributed by atoms with van der Waals surface area (Å²) in [4.78, 5) is 0. The van der Waals surface area contributed by atoms with E-state index in [1.807, 2.05) is 19.1 Å². The highest BCUT2D eigenvalue weighted by Gasteiger charge is 2.07. The van der Waals surface area contributed by atoms with Crippen LogP contribution in [0.4, 0.5) is 0 Å². The van der Waals surface area contributed by atoms with Crippen molar-refractivity contribution in [2.75, 3.05) is 20.8 Å². The van der Waals surface area contributed by atoms with Crippen molar-refractivity contribution < 1.29 is 0 Å². The maximum Gasteiger partial charge on any atom is 0.0778 e. The molecule has 0 atom stereocenters. The van der Waals surface area contributed by atoms with Crippen molar-refractivity contribution in [2.45, 2.75) is 0 Å². The molecule has 0 unspecified atom stereocenters. The van der Waals surface area contributed by atoms with Crippen molar-refractivity contribution in [1.82, 2.24) is 21.1 Å². The van der Waals surface area contributed by atoms with Gasteiger partial charge in [-0.25, -0.2) is 10.4 Å². The molecule has 1 heterocycles. The highest BCUT2D eigenvalue weighted by Crippen LogP contribution is 1.80. The minimum absolute atomic E-state index is 0.872. The number of hydrazine groups is 3. The molecule has 1 fully saturated rings. The third-order valence-corrected chi connectivity index (χ3v) is 0.866. The van der Waals surface area contributed by atoms with Gasteiger partial charge in [0.05, 0.1) is 6.67 Å². The van der Waals surface area contributed by atoms with Crippen LogP contribution in [0.25, 0.3) is 0 Å². The van der Waals surface area contributed by atoms with Crippen molar-refractivity contribution >= 4 is 0 Å². The summed E-state index contributed by atoms with van der Waals surface area (Å²) >= 11 is 0. The van der Waals surface area contributed by atoms with Gasteiger partial charge in [0.15, 0.2) is 0 Å². The lowest BCUT2D eigenvalue weighted by Gasteiger charge is -2.07. The Morgan fingerprint density at radius 3 is 2.29 bits per heavy atom. The van der Waals surface area contributed by atoms with E-state index in [-0.39, 0.29) is 0 Å². The van der Waals surface area contributed by atoms with Gasteiger partial charge >= 0.3 is 0 Å². The molecule has 1 aliphatic rings. The quantitative estimate of drug-likeness (QED) is 0.400. The Hall–Kier alpha value is -0.160.